The van der Waals surface area contributed by atoms with Crippen LogP contribution >= 0.6 is 11.8 Å². The van der Waals surface area contributed by atoms with E-state index in [4.69, 9.17) is 20.9 Å². The van der Waals surface area contributed by atoms with E-state index in [0.29, 0.717) is 70.2 Å². The number of fused-ring (bicyclic) bond motifs is 1. The van der Waals surface area contributed by atoms with Crippen molar-refractivity contribution < 1.29 is 86.8 Å². The quantitative estimate of drug-likeness (QED) is 0.0109. The van der Waals surface area contributed by atoms with Crippen LogP contribution in [0.4, 0.5) is 0 Å². The zero-order valence-corrected chi connectivity index (χ0v) is 71.4. The largest absolute Gasteiger partial charge is 0.508 e. The molecule has 17 N–H and O–H groups in total. The van der Waals surface area contributed by atoms with E-state index in [2.05, 4.69) is 58.2 Å². The fourth-order valence-corrected chi connectivity index (χ4v) is 14.7. The molecule has 1 aliphatic rings. The average molecular weight is 1700 g/mol. The molecule has 13 atom stereocenters. The van der Waals surface area contributed by atoms with Gasteiger partial charge in [0, 0.05) is 59.1 Å². The summed E-state index contributed by atoms with van der Waals surface area (Å²) in [6.07, 6.45) is 4.26. The van der Waals surface area contributed by atoms with Crippen molar-refractivity contribution in [1.82, 2.24) is 63.1 Å². The predicted octanol–water partition coefficient (Wildman–Crippen LogP) is 4.37. The number of aromatic nitrogens is 1. The number of carbonyl (C=O) groups excluding carboxylic acids is 13. The maximum absolute atomic E-state index is 15.1. The van der Waals surface area contributed by atoms with Gasteiger partial charge in [0.25, 0.3) is 0 Å². The van der Waals surface area contributed by atoms with Crippen molar-refractivity contribution >= 4 is 105 Å². The zero-order valence-electron chi connectivity index (χ0n) is 70.6. The minimum Gasteiger partial charge on any atom is -0.508 e. The first-order valence-electron chi connectivity index (χ1n) is 41.3. The van der Waals surface area contributed by atoms with Gasteiger partial charge in [0.1, 0.15) is 66.2 Å². The van der Waals surface area contributed by atoms with Crippen LogP contribution in [0.5, 0.6) is 5.75 Å². The molecule has 122 heavy (non-hydrogen) atoms. The summed E-state index contributed by atoms with van der Waals surface area (Å²) in [6.45, 7) is 13.7. The molecule has 1 aromatic heterocycles. The molecule has 1 aliphatic heterocycles. The molecule has 6 aromatic rings. The monoisotopic (exact) mass is 1700 g/mol. The lowest BCUT2D eigenvalue weighted by Crippen LogP contribution is -2.61. The fourth-order valence-electron chi connectivity index (χ4n) is 13.7. The van der Waals surface area contributed by atoms with Crippen LogP contribution in [0, 0.1) is 17.8 Å². The highest BCUT2D eigenvalue weighted by atomic mass is 32.2. The van der Waals surface area contributed by atoms with Gasteiger partial charge in [-0.25, -0.2) is 4.79 Å². The third kappa shape index (κ3) is 30.1. The summed E-state index contributed by atoms with van der Waals surface area (Å²) in [6, 6.07) is 23.3. The molecule has 1 fully saturated rings. The lowest BCUT2D eigenvalue weighted by Gasteiger charge is -2.30. The van der Waals surface area contributed by atoms with Crippen molar-refractivity contribution in [3.63, 3.8) is 0 Å². The highest BCUT2D eigenvalue weighted by Gasteiger charge is 2.42. The van der Waals surface area contributed by atoms with Crippen LogP contribution in [0.15, 0.2) is 151 Å². The Morgan fingerprint density at radius 1 is 0.598 bits per heavy atom. The number of rotatable bonds is 49. The number of esters is 1. The number of phenolic OH excluding ortho intramolecular Hbond substituents is 1. The lowest BCUT2D eigenvalue weighted by molar-refractivity contribution is -0.146. The Hall–Kier alpha value is -11.8. The minimum atomic E-state index is -1.84. The first kappa shape index (κ1) is 97.3. The second-order valence-corrected chi connectivity index (χ2v) is 32.2. The number of phenols is 1. The number of thioether (sulfide) groups is 1. The fraction of sp³-hybridized carbons (Fsp3) is 0.461. The smallest absolute Gasteiger partial charge is 0.329 e. The number of H-pyrrole nitrogens is 1. The van der Waals surface area contributed by atoms with Crippen LogP contribution in [-0.4, -0.2) is 214 Å². The second-order valence-electron chi connectivity index (χ2n) is 31.1. The molecule has 7 rings (SSSR count). The molecule has 0 bridgehead atoms. The van der Waals surface area contributed by atoms with Crippen molar-refractivity contribution in [2.24, 2.45) is 29.2 Å². The third-order valence-electron chi connectivity index (χ3n) is 21.3. The highest BCUT2D eigenvalue weighted by molar-refractivity contribution is 7.99. The first-order chi connectivity index (χ1) is 58.3. The topological polar surface area (TPSA) is 489 Å². The van der Waals surface area contributed by atoms with Gasteiger partial charge in [-0.15, -0.1) is 0 Å². The molecule has 1 saturated heterocycles. The number of aromatic hydroxyl groups is 1. The molecule has 0 radical (unpaired) electrons. The molecule has 658 valence electrons. The number of ether oxygens (including phenoxy) is 2. The number of likely N-dealkylation sites (tertiary alicyclic amines) is 1. The minimum absolute atomic E-state index is 0.0376. The number of aliphatic carboxylic acids is 1. The van der Waals surface area contributed by atoms with Crippen LogP contribution in [-0.2, 0) is 97.7 Å². The van der Waals surface area contributed by atoms with Crippen LogP contribution < -0.4 is 64.6 Å². The number of nitrogens with zero attached hydrogens (tertiary/aromatic N) is 1. The van der Waals surface area contributed by atoms with E-state index in [0.717, 1.165) is 16.0 Å². The maximum Gasteiger partial charge on any atom is 0.329 e. The van der Waals surface area contributed by atoms with Crippen molar-refractivity contribution in [3.05, 3.63) is 185 Å². The summed E-state index contributed by atoms with van der Waals surface area (Å²) >= 11 is 1.32. The van der Waals surface area contributed by atoms with Gasteiger partial charge in [0.05, 0.1) is 39.3 Å². The van der Waals surface area contributed by atoms with Crippen LogP contribution in [0.3, 0.4) is 0 Å². The molecular formula is C89H118N14O18S. The van der Waals surface area contributed by atoms with Gasteiger partial charge < -0.3 is 94.2 Å². The number of nitrogens with two attached hydrogens (primary N) is 2. The SMILES string of the molecule is CC[C@H](C)[C@H](NC(=O)[C@@H](NC(=O)[C@@H](N)Cc1ccc(O)cc1)[C@@H](C)CC)C(=O)N[C@@H](CCCCN)C(=O)NCC(=O)N[C@H](C(=O)N[C@@H](Cc1ccccc1)C(=O)N[C@@H](Cc1c[nH]c2ccccc12)C(=O)N[C@@H](CC(=O)O)C(=O)N1CCC[C@H]1C(=O)N[C@@H](C)C(=O)N[C@@H](CSC/C=C(\C)COCc1cccc(C(=O)c2ccccc2)c1)C(=O)OC)C(C)C. The van der Waals surface area contributed by atoms with E-state index < -0.39 is 174 Å². The molecule has 5 aromatic carbocycles. The Kier molecular flexibility index (Phi) is 39.2. The summed E-state index contributed by atoms with van der Waals surface area (Å²) in [4.78, 5) is 201. The summed E-state index contributed by atoms with van der Waals surface area (Å²) in [5.41, 5.74) is 17.3. The van der Waals surface area contributed by atoms with E-state index >= 15 is 9.59 Å². The maximum atomic E-state index is 15.1. The van der Waals surface area contributed by atoms with E-state index in [1.807, 2.05) is 39.0 Å². The Morgan fingerprint density at radius 2 is 1.17 bits per heavy atom. The Bertz CT molecular complexity index is 4590. The van der Waals surface area contributed by atoms with Gasteiger partial charge in [-0.2, -0.15) is 11.8 Å². The van der Waals surface area contributed by atoms with Gasteiger partial charge in [-0.3, -0.25) is 62.3 Å². The highest BCUT2D eigenvalue weighted by Crippen LogP contribution is 2.24. The van der Waals surface area contributed by atoms with Crippen LogP contribution in [0.1, 0.15) is 145 Å². The number of hydrogen-bond donors (Lipinski definition) is 15. The molecule has 11 amide bonds. The normalized spacial score (nSPS) is 15.6. The van der Waals surface area contributed by atoms with E-state index in [1.165, 1.54) is 37.9 Å². The van der Waals surface area contributed by atoms with Crippen molar-refractivity contribution in [3.8, 4) is 5.75 Å². The van der Waals surface area contributed by atoms with E-state index in [9.17, 15) is 67.7 Å². The average Bonchev–Trinajstić information content (AvgIpc) is 1.66. The summed E-state index contributed by atoms with van der Waals surface area (Å²) < 4.78 is 10.9. The zero-order chi connectivity index (χ0) is 89.1. The number of amides is 11. The number of benzene rings is 5. The van der Waals surface area contributed by atoms with Crippen LogP contribution in [0.25, 0.3) is 10.9 Å². The number of nitrogens with one attached hydrogen (secondary N) is 11. The van der Waals surface area contributed by atoms with Crippen LogP contribution in [0.2, 0.25) is 0 Å². The van der Waals surface area contributed by atoms with Crippen molar-refractivity contribution in [2.45, 2.75) is 199 Å². The van der Waals surface area contributed by atoms with Crippen molar-refractivity contribution in [2.75, 3.05) is 44.9 Å². The number of para-hydroxylation sites is 1. The van der Waals surface area contributed by atoms with Crippen molar-refractivity contribution in [1.29, 1.82) is 0 Å². The first-order valence-corrected chi connectivity index (χ1v) is 42.4. The summed E-state index contributed by atoms with van der Waals surface area (Å²) in [7, 11) is 1.17. The number of carboxylic acid groups (broad SMARTS) is 1. The Morgan fingerprint density at radius 3 is 1.82 bits per heavy atom. The van der Waals surface area contributed by atoms with Gasteiger partial charge in [0.2, 0.25) is 65.0 Å². The lowest BCUT2D eigenvalue weighted by atomic mass is 9.94. The molecular weight excluding hydrogens is 1590 g/mol. The van der Waals surface area contributed by atoms with Gasteiger partial charge >= 0.3 is 11.9 Å². The number of hydrogen-bond acceptors (Lipinski definition) is 20. The van der Waals surface area contributed by atoms with Gasteiger partial charge in [-0.05, 0) is 123 Å². The van der Waals surface area contributed by atoms with Gasteiger partial charge in [0.15, 0.2) is 5.78 Å². The standard InChI is InChI=1S/C89H118N14O18S/c1-10-54(6)76(102-87(117)77(55(7)11-2)101-80(110)65(91)43-58-34-36-63(104)37-35-58)86(116)95-67(32-20-21-39-90)81(111)93-48-73(105)100-75(52(3)4)85(115)97-68(44-57-24-14-12-15-25-57)82(112)96-69(45-62-47-92-66-31-19-18-30-64(62)66)83(113)98-70(46-74(106)107)88(118)103-40-23-33-72(103)84(114)94-56(8)79(109)99-71(89(119)120-9)51-122-41-38-53(5)49-121-50-59-26-22-29-61(42-59)78(108)60-27-16-13-17-28-60/h12-19,22,24-31,34-38,42,47,52,54-56,65,67-72,75-77,92,104H,10-11,20-21,23,32-33,39-41,43-46,48-51,90-91H2,1-9H3,(H,93,111)(H,94,114)(H,95,116)(H,96,112)(H,97,115)(H,98,113)(H,99,109)(H,100,105)(H,101,110)(H,102,117)(H,106,107)/b53-38+/t54-,55-,56-,65-,67-,68-,69-,70-,71-,72-,75-,76-,77-/m0/s1. The molecule has 2 heterocycles. The Balaban J connectivity index is 0.994. The second kappa shape index (κ2) is 49.2. The molecule has 0 unspecified atom stereocenters. The van der Waals surface area contributed by atoms with E-state index in [1.54, 1.807) is 143 Å². The number of aromatic amines is 1. The number of carbonyl (C=O) groups is 14. The van der Waals surface area contributed by atoms with Gasteiger partial charge in [-0.1, -0.05) is 175 Å². The summed E-state index contributed by atoms with van der Waals surface area (Å²) in [5, 5.41) is 47.5. The van der Waals surface area contributed by atoms with E-state index in [-0.39, 0.29) is 82.1 Å². The molecule has 0 spiro atoms. The third-order valence-corrected chi connectivity index (χ3v) is 22.2. The molecule has 0 aliphatic carbocycles. The number of unbranched alkanes of at least 4 members (excludes halogenated alkanes) is 1. The predicted molar refractivity (Wildman–Crippen MR) is 461 cm³/mol. The number of methoxy groups -OCH3 is 1. The number of ketones is 1. The molecule has 33 heteroatoms. The molecule has 0 saturated carbocycles. The molecule has 32 nitrogen and oxygen atoms in total. The Labute approximate surface area is 715 Å². The summed E-state index contributed by atoms with van der Waals surface area (Å²) in [5.74, 6) is -12.4. The number of carboxylic acids is 1.